The molecule has 1 aromatic carbocycles. The predicted octanol–water partition coefficient (Wildman–Crippen LogP) is 2.25. The molecule has 0 radical (unpaired) electrons. The number of carbonyl (C=O) groups excluding carboxylic acids is 1. The first-order valence-corrected chi connectivity index (χ1v) is 6.46. The number of benzene rings is 1. The van der Waals surface area contributed by atoms with Crippen molar-refractivity contribution in [3.8, 4) is 5.75 Å². The largest absolute Gasteiger partial charge is 0.479 e. The zero-order valence-electron chi connectivity index (χ0n) is 11.7. The number of ether oxygens (including phenoxy) is 2. The summed E-state index contributed by atoms with van der Waals surface area (Å²) in [5.41, 5.74) is 0.572. The Balaban J connectivity index is 2.15. The summed E-state index contributed by atoms with van der Waals surface area (Å²) in [6.45, 7) is 5.22. The third-order valence-corrected chi connectivity index (χ3v) is 2.69. The van der Waals surface area contributed by atoms with Crippen molar-refractivity contribution in [2.75, 3.05) is 0 Å². The molecule has 106 valence electrons. The third kappa shape index (κ3) is 3.38. The van der Waals surface area contributed by atoms with Gasteiger partial charge in [-0.2, -0.15) is 0 Å². The van der Waals surface area contributed by atoms with Crippen LogP contribution >= 0.6 is 0 Å². The van der Waals surface area contributed by atoms with Gasteiger partial charge in [0.2, 0.25) is 5.56 Å². The van der Waals surface area contributed by atoms with Crippen molar-refractivity contribution in [3.63, 3.8) is 0 Å². The highest BCUT2D eigenvalue weighted by molar-refractivity contribution is 5.80. The van der Waals surface area contributed by atoms with E-state index in [-0.39, 0.29) is 11.7 Å². The number of rotatable bonds is 4. The first kappa shape index (κ1) is 14.1. The molecule has 0 aliphatic rings. The average molecular weight is 275 g/mol. The number of H-pyrrole nitrogens is 1. The molecular formula is C15H17NO4. The summed E-state index contributed by atoms with van der Waals surface area (Å²) in [7, 11) is 0. The van der Waals surface area contributed by atoms with Crippen LogP contribution in [0, 0.1) is 0 Å². The summed E-state index contributed by atoms with van der Waals surface area (Å²) in [5.74, 6) is 0.152. The highest BCUT2D eigenvalue weighted by atomic mass is 16.6. The summed E-state index contributed by atoms with van der Waals surface area (Å²) < 4.78 is 10.6. The maximum Gasteiger partial charge on any atom is 0.347 e. The van der Waals surface area contributed by atoms with E-state index in [9.17, 15) is 9.59 Å². The predicted molar refractivity (Wildman–Crippen MR) is 75.9 cm³/mol. The Morgan fingerprint density at radius 3 is 2.60 bits per heavy atom. The van der Waals surface area contributed by atoms with Gasteiger partial charge < -0.3 is 14.5 Å². The minimum atomic E-state index is -0.683. The van der Waals surface area contributed by atoms with E-state index in [0.29, 0.717) is 5.75 Å². The van der Waals surface area contributed by atoms with Crippen molar-refractivity contribution in [1.82, 2.24) is 4.98 Å². The molecule has 1 aromatic heterocycles. The number of hydrogen-bond donors (Lipinski definition) is 1. The van der Waals surface area contributed by atoms with Gasteiger partial charge in [-0.25, -0.2) is 4.79 Å². The molecule has 0 saturated heterocycles. The van der Waals surface area contributed by atoms with Crippen LogP contribution in [0.2, 0.25) is 0 Å². The van der Waals surface area contributed by atoms with Crippen LogP contribution in [0.5, 0.6) is 5.75 Å². The van der Waals surface area contributed by atoms with Crippen molar-refractivity contribution in [2.24, 2.45) is 0 Å². The summed E-state index contributed by atoms with van der Waals surface area (Å²) >= 11 is 0. The average Bonchev–Trinajstić information content (AvgIpc) is 2.38. The highest BCUT2D eigenvalue weighted by Crippen LogP contribution is 2.19. The molecule has 5 heteroatoms. The van der Waals surface area contributed by atoms with Crippen LogP contribution < -0.4 is 10.3 Å². The van der Waals surface area contributed by atoms with Gasteiger partial charge in [0.15, 0.2) is 6.10 Å². The van der Waals surface area contributed by atoms with E-state index >= 15 is 0 Å². The lowest BCUT2D eigenvalue weighted by Crippen LogP contribution is -2.28. The first-order valence-electron chi connectivity index (χ1n) is 6.46. The van der Waals surface area contributed by atoms with Crippen molar-refractivity contribution in [1.29, 1.82) is 0 Å². The molecule has 0 saturated carbocycles. The molecule has 1 N–H and O–H groups in total. The van der Waals surface area contributed by atoms with Crippen molar-refractivity contribution >= 4 is 16.9 Å². The molecule has 1 atom stereocenters. The number of carbonyl (C=O) groups is 1. The Morgan fingerprint density at radius 1 is 1.15 bits per heavy atom. The van der Waals surface area contributed by atoms with Gasteiger partial charge >= 0.3 is 5.97 Å². The molecule has 0 aliphatic heterocycles. The van der Waals surface area contributed by atoms with Crippen LogP contribution in [0.15, 0.2) is 35.1 Å². The van der Waals surface area contributed by atoms with E-state index in [1.54, 1.807) is 45.0 Å². The number of pyridine rings is 1. The second-order valence-electron chi connectivity index (χ2n) is 4.82. The van der Waals surface area contributed by atoms with Crippen LogP contribution in [0.25, 0.3) is 10.9 Å². The normalized spacial score (nSPS) is 12.4. The zero-order chi connectivity index (χ0) is 14.7. The monoisotopic (exact) mass is 275 g/mol. The Labute approximate surface area is 116 Å². The Hall–Kier alpha value is -2.30. The lowest BCUT2D eigenvalue weighted by Gasteiger charge is -2.16. The summed E-state index contributed by atoms with van der Waals surface area (Å²) in [5, 5.41) is 0.839. The van der Waals surface area contributed by atoms with E-state index in [0.717, 1.165) is 10.9 Å². The number of esters is 1. The van der Waals surface area contributed by atoms with Gasteiger partial charge in [0.1, 0.15) is 5.75 Å². The van der Waals surface area contributed by atoms with Crippen LogP contribution in [0.3, 0.4) is 0 Å². The molecule has 0 fully saturated rings. The van der Waals surface area contributed by atoms with E-state index in [4.69, 9.17) is 9.47 Å². The third-order valence-electron chi connectivity index (χ3n) is 2.69. The molecular weight excluding hydrogens is 258 g/mol. The van der Waals surface area contributed by atoms with Crippen LogP contribution in [0.1, 0.15) is 20.8 Å². The fourth-order valence-corrected chi connectivity index (χ4v) is 1.79. The molecule has 2 rings (SSSR count). The van der Waals surface area contributed by atoms with Crippen molar-refractivity contribution < 1.29 is 14.3 Å². The topological polar surface area (TPSA) is 68.4 Å². The van der Waals surface area contributed by atoms with Gasteiger partial charge in [-0.1, -0.05) is 0 Å². The maximum atomic E-state index is 11.7. The maximum absolute atomic E-state index is 11.7. The second-order valence-corrected chi connectivity index (χ2v) is 4.82. The van der Waals surface area contributed by atoms with Gasteiger partial charge in [-0.05, 0) is 45.0 Å². The fourth-order valence-electron chi connectivity index (χ4n) is 1.79. The summed E-state index contributed by atoms with van der Waals surface area (Å²) in [6, 6.07) is 8.37. The number of nitrogens with one attached hydrogen (secondary N) is 1. The first-order chi connectivity index (χ1) is 9.45. The number of aromatic amines is 1. The van der Waals surface area contributed by atoms with E-state index < -0.39 is 12.1 Å². The van der Waals surface area contributed by atoms with Gasteiger partial charge in [-0.3, -0.25) is 4.79 Å². The standard InChI is InChI=1S/C15H17NO4/c1-9(2)19-15(18)10(3)20-12-5-6-13-11(8-12)4-7-14(17)16-13/h4-10H,1-3H3,(H,16,17). The van der Waals surface area contributed by atoms with Gasteiger partial charge in [-0.15, -0.1) is 0 Å². The minimum Gasteiger partial charge on any atom is -0.479 e. The van der Waals surface area contributed by atoms with Gasteiger partial charge in [0, 0.05) is 17.0 Å². The number of hydrogen-bond acceptors (Lipinski definition) is 4. The molecule has 2 aromatic rings. The van der Waals surface area contributed by atoms with E-state index in [2.05, 4.69) is 4.98 Å². The molecule has 5 nitrogen and oxygen atoms in total. The molecule has 1 unspecified atom stereocenters. The van der Waals surface area contributed by atoms with Crippen LogP contribution in [-0.4, -0.2) is 23.2 Å². The van der Waals surface area contributed by atoms with E-state index in [1.807, 2.05) is 0 Å². The molecule has 1 heterocycles. The van der Waals surface area contributed by atoms with E-state index in [1.165, 1.54) is 6.07 Å². The quantitative estimate of drug-likeness (QED) is 0.869. The van der Waals surface area contributed by atoms with Crippen molar-refractivity contribution in [2.45, 2.75) is 33.0 Å². The van der Waals surface area contributed by atoms with Crippen LogP contribution in [-0.2, 0) is 9.53 Å². The summed E-state index contributed by atoms with van der Waals surface area (Å²) in [6.07, 6.45) is -0.854. The molecule has 0 amide bonds. The Bertz CT molecular complexity index is 675. The van der Waals surface area contributed by atoms with Gasteiger partial charge in [0.25, 0.3) is 0 Å². The molecule has 0 spiro atoms. The van der Waals surface area contributed by atoms with Gasteiger partial charge in [0.05, 0.1) is 6.10 Å². The Morgan fingerprint density at radius 2 is 1.90 bits per heavy atom. The zero-order valence-corrected chi connectivity index (χ0v) is 11.7. The summed E-state index contributed by atoms with van der Waals surface area (Å²) in [4.78, 5) is 25.6. The lowest BCUT2D eigenvalue weighted by atomic mass is 10.2. The molecule has 20 heavy (non-hydrogen) atoms. The lowest BCUT2D eigenvalue weighted by molar-refractivity contribution is -0.154. The van der Waals surface area contributed by atoms with Crippen LogP contribution in [0.4, 0.5) is 0 Å². The fraction of sp³-hybridized carbons (Fsp3) is 0.333. The number of aromatic nitrogens is 1. The second kappa shape index (κ2) is 5.77. The van der Waals surface area contributed by atoms with Crippen molar-refractivity contribution in [3.05, 3.63) is 40.7 Å². The smallest absolute Gasteiger partial charge is 0.347 e. The highest BCUT2D eigenvalue weighted by Gasteiger charge is 2.17. The molecule has 0 bridgehead atoms. The Kier molecular flexibility index (Phi) is 4.08. The number of fused-ring (bicyclic) bond motifs is 1. The SMILES string of the molecule is CC(C)OC(=O)C(C)Oc1ccc2[nH]c(=O)ccc2c1. The molecule has 0 aliphatic carbocycles. The minimum absolute atomic E-state index is 0.153.